The summed E-state index contributed by atoms with van der Waals surface area (Å²) in [4.78, 5) is 15.7. The molecule has 1 N–H and O–H groups in total. The first-order valence-corrected chi connectivity index (χ1v) is 5.85. The van der Waals surface area contributed by atoms with Crippen molar-refractivity contribution in [3.8, 4) is 0 Å². The summed E-state index contributed by atoms with van der Waals surface area (Å²) in [5.74, 6) is -0.652. The van der Waals surface area contributed by atoms with Crippen molar-refractivity contribution in [3.05, 3.63) is 29.3 Å². The molecule has 0 spiro atoms. The number of amides is 1. The van der Waals surface area contributed by atoms with Crippen LogP contribution in [0.25, 0.3) is 0 Å². The molecule has 1 fully saturated rings. The van der Waals surface area contributed by atoms with Gasteiger partial charge in [-0.05, 0) is 18.3 Å². The Bertz CT molecular complexity index is 447. The van der Waals surface area contributed by atoms with Crippen LogP contribution < -0.4 is 5.32 Å². The molecule has 0 bridgehead atoms. The molecule has 0 unspecified atom stereocenters. The molecule has 0 radical (unpaired) electrons. The zero-order valence-electron chi connectivity index (χ0n) is 10.4. The lowest BCUT2D eigenvalue weighted by Crippen LogP contribution is -2.27. The fourth-order valence-electron chi connectivity index (χ4n) is 1.59. The molecule has 0 aromatic carbocycles. The Morgan fingerprint density at radius 1 is 1.47 bits per heavy atom. The Balaban J connectivity index is 2.20. The molecule has 2 rings (SSSR count). The highest BCUT2D eigenvalue weighted by Gasteiger charge is 2.25. The van der Waals surface area contributed by atoms with Gasteiger partial charge in [0.2, 0.25) is 0 Å². The molecule has 0 aliphatic heterocycles. The molecule has 1 amide bonds. The molecule has 1 aromatic rings. The summed E-state index contributed by atoms with van der Waals surface area (Å²) in [6.07, 6.45) is 3.47. The van der Waals surface area contributed by atoms with Crippen LogP contribution in [0, 0.1) is 5.82 Å². The standard InChI is InChI=1S/C13H17FN2O/c1-13(2,3)9-7-15-11(6-10(9)14)12(17)16-8-4-5-8/h6-8H,4-5H2,1-3H3,(H,16,17). The van der Waals surface area contributed by atoms with E-state index in [1.807, 2.05) is 20.8 Å². The highest BCUT2D eigenvalue weighted by Crippen LogP contribution is 2.25. The van der Waals surface area contributed by atoms with Gasteiger partial charge in [0.15, 0.2) is 0 Å². The van der Waals surface area contributed by atoms with Gasteiger partial charge in [0.05, 0.1) is 0 Å². The van der Waals surface area contributed by atoms with Gasteiger partial charge in [0, 0.05) is 23.9 Å². The minimum absolute atomic E-state index is 0.155. The number of nitrogens with one attached hydrogen (secondary N) is 1. The van der Waals surface area contributed by atoms with Crippen LogP contribution >= 0.6 is 0 Å². The van der Waals surface area contributed by atoms with Gasteiger partial charge >= 0.3 is 0 Å². The number of hydrogen-bond donors (Lipinski definition) is 1. The first kappa shape index (κ1) is 12.0. The number of rotatable bonds is 2. The minimum Gasteiger partial charge on any atom is -0.348 e. The molecule has 3 nitrogen and oxygen atoms in total. The fourth-order valence-corrected chi connectivity index (χ4v) is 1.59. The van der Waals surface area contributed by atoms with Gasteiger partial charge in [-0.2, -0.15) is 0 Å². The molecule has 1 aliphatic rings. The second-order valence-electron chi connectivity index (χ2n) is 5.55. The lowest BCUT2D eigenvalue weighted by atomic mass is 9.88. The van der Waals surface area contributed by atoms with Gasteiger partial charge in [-0.25, -0.2) is 4.39 Å². The summed E-state index contributed by atoms with van der Waals surface area (Å²) >= 11 is 0. The van der Waals surface area contributed by atoms with E-state index in [9.17, 15) is 9.18 Å². The summed E-state index contributed by atoms with van der Waals surface area (Å²) in [5, 5.41) is 2.79. The number of aromatic nitrogens is 1. The monoisotopic (exact) mass is 236 g/mol. The van der Waals surface area contributed by atoms with E-state index >= 15 is 0 Å². The van der Waals surface area contributed by atoms with Crippen molar-refractivity contribution in [1.82, 2.24) is 10.3 Å². The maximum atomic E-state index is 13.8. The van der Waals surface area contributed by atoms with E-state index in [4.69, 9.17) is 0 Å². The minimum atomic E-state index is -0.367. The van der Waals surface area contributed by atoms with Gasteiger partial charge < -0.3 is 5.32 Å². The van der Waals surface area contributed by atoms with E-state index in [1.165, 1.54) is 12.3 Å². The highest BCUT2D eigenvalue weighted by molar-refractivity contribution is 5.92. The van der Waals surface area contributed by atoms with Crippen molar-refractivity contribution in [2.45, 2.75) is 45.1 Å². The van der Waals surface area contributed by atoms with Gasteiger partial charge in [0.1, 0.15) is 11.5 Å². The number of carbonyl (C=O) groups excluding carboxylic acids is 1. The molecule has 1 saturated carbocycles. The van der Waals surface area contributed by atoms with Crippen LogP contribution in [0.5, 0.6) is 0 Å². The van der Waals surface area contributed by atoms with Crippen molar-refractivity contribution in [1.29, 1.82) is 0 Å². The quantitative estimate of drug-likeness (QED) is 0.856. The third-order valence-corrected chi connectivity index (χ3v) is 2.81. The van der Waals surface area contributed by atoms with Crippen molar-refractivity contribution in [2.75, 3.05) is 0 Å². The molecular weight excluding hydrogens is 219 g/mol. The molecule has 1 aromatic heterocycles. The third-order valence-electron chi connectivity index (χ3n) is 2.81. The molecule has 1 aliphatic carbocycles. The predicted molar refractivity (Wildman–Crippen MR) is 63.4 cm³/mol. The molecule has 92 valence electrons. The molecule has 0 saturated heterocycles. The average molecular weight is 236 g/mol. The number of carbonyl (C=O) groups is 1. The van der Waals surface area contributed by atoms with E-state index in [0.29, 0.717) is 5.56 Å². The Hall–Kier alpha value is -1.45. The molecule has 0 atom stereocenters. The van der Waals surface area contributed by atoms with E-state index < -0.39 is 0 Å². The number of pyridine rings is 1. The molecule has 17 heavy (non-hydrogen) atoms. The topological polar surface area (TPSA) is 42.0 Å². The lowest BCUT2D eigenvalue weighted by molar-refractivity contribution is 0.0945. The van der Waals surface area contributed by atoms with Crippen LogP contribution in [0.2, 0.25) is 0 Å². The first-order valence-electron chi connectivity index (χ1n) is 5.85. The number of hydrogen-bond acceptors (Lipinski definition) is 2. The predicted octanol–water partition coefficient (Wildman–Crippen LogP) is 2.41. The summed E-state index contributed by atoms with van der Waals surface area (Å²) in [6.45, 7) is 5.74. The molecule has 1 heterocycles. The van der Waals surface area contributed by atoms with Crippen LogP contribution in [0.4, 0.5) is 4.39 Å². The zero-order chi connectivity index (χ0) is 12.6. The average Bonchev–Trinajstić information content (AvgIpc) is 2.99. The smallest absolute Gasteiger partial charge is 0.270 e. The maximum absolute atomic E-state index is 13.8. The first-order chi connectivity index (χ1) is 7.88. The zero-order valence-corrected chi connectivity index (χ0v) is 10.4. The largest absolute Gasteiger partial charge is 0.348 e. The maximum Gasteiger partial charge on any atom is 0.270 e. The van der Waals surface area contributed by atoms with Gasteiger partial charge in [-0.3, -0.25) is 9.78 Å². The van der Waals surface area contributed by atoms with Gasteiger partial charge in [-0.1, -0.05) is 20.8 Å². The number of nitrogens with zero attached hydrogens (tertiary/aromatic N) is 1. The highest BCUT2D eigenvalue weighted by atomic mass is 19.1. The van der Waals surface area contributed by atoms with Crippen LogP contribution in [0.15, 0.2) is 12.3 Å². The Morgan fingerprint density at radius 2 is 2.12 bits per heavy atom. The number of halogens is 1. The summed E-state index contributed by atoms with van der Waals surface area (Å²) < 4.78 is 13.8. The van der Waals surface area contributed by atoms with Gasteiger partial charge in [0.25, 0.3) is 5.91 Å². The van der Waals surface area contributed by atoms with Crippen LogP contribution in [0.1, 0.15) is 49.7 Å². The van der Waals surface area contributed by atoms with E-state index in [1.54, 1.807) is 0 Å². The Morgan fingerprint density at radius 3 is 2.59 bits per heavy atom. The molecule has 4 heteroatoms. The Kier molecular flexibility index (Phi) is 2.89. The summed E-state index contributed by atoms with van der Waals surface area (Å²) in [6, 6.07) is 1.48. The van der Waals surface area contributed by atoms with Crippen molar-refractivity contribution >= 4 is 5.91 Å². The molecular formula is C13H17FN2O. The van der Waals surface area contributed by atoms with Crippen molar-refractivity contribution < 1.29 is 9.18 Å². The normalized spacial score (nSPS) is 15.8. The summed E-state index contributed by atoms with van der Waals surface area (Å²) in [5.41, 5.74) is 0.380. The SMILES string of the molecule is CC(C)(C)c1cnc(C(=O)NC2CC2)cc1F. The lowest BCUT2D eigenvalue weighted by Gasteiger charge is -2.19. The van der Waals surface area contributed by atoms with Crippen LogP contribution in [0.3, 0.4) is 0 Å². The third kappa shape index (κ3) is 2.81. The van der Waals surface area contributed by atoms with E-state index in [-0.39, 0.29) is 28.9 Å². The van der Waals surface area contributed by atoms with Crippen molar-refractivity contribution in [3.63, 3.8) is 0 Å². The fraction of sp³-hybridized carbons (Fsp3) is 0.538. The second kappa shape index (κ2) is 4.09. The summed E-state index contributed by atoms with van der Waals surface area (Å²) in [7, 11) is 0. The van der Waals surface area contributed by atoms with Crippen LogP contribution in [-0.4, -0.2) is 16.9 Å². The van der Waals surface area contributed by atoms with Gasteiger partial charge in [-0.15, -0.1) is 0 Å². The van der Waals surface area contributed by atoms with Crippen molar-refractivity contribution in [2.24, 2.45) is 0 Å². The van der Waals surface area contributed by atoms with E-state index in [2.05, 4.69) is 10.3 Å². The van der Waals surface area contributed by atoms with E-state index in [0.717, 1.165) is 12.8 Å². The Labute approximate surface area is 100 Å². The second-order valence-corrected chi connectivity index (χ2v) is 5.55. The van der Waals surface area contributed by atoms with Crippen LogP contribution in [-0.2, 0) is 5.41 Å².